The number of benzene rings is 1. The van der Waals surface area contributed by atoms with Crippen LogP contribution < -0.4 is 4.90 Å². The van der Waals surface area contributed by atoms with Gasteiger partial charge in [-0.3, -0.25) is 0 Å². The predicted octanol–water partition coefficient (Wildman–Crippen LogP) is 6.34. The van der Waals surface area contributed by atoms with Crippen LogP contribution in [0.4, 0.5) is 10.9 Å². The maximum atomic E-state index is 4.91. The van der Waals surface area contributed by atoms with E-state index >= 15 is 0 Å². The van der Waals surface area contributed by atoms with Gasteiger partial charge in [-0.05, 0) is 42.9 Å². The van der Waals surface area contributed by atoms with Gasteiger partial charge in [0.15, 0.2) is 10.9 Å². The van der Waals surface area contributed by atoms with E-state index in [2.05, 4.69) is 52.3 Å². The van der Waals surface area contributed by atoms with Gasteiger partial charge in [0, 0.05) is 42.4 Å². The molecule has 5 heteroatoms. The highest BCUT2D eigenvalue weighted by Crippen LogP contribution is 2.33. The molecule has 0 radical (unpaired) electrons. The highest BCUT2D eigenvalue weighted by atomic mass is 32.1. The molecule has 3 aromatic rings. The van der Waals surface area contributed by atoms with Gasteiger partial charge in [0.05, 0.1) is 5.69 Å². The van der Waals surface area contributed by atoms with Crippen molar-refractivity contribution >= 4 is 28.5 Å². The van der Waals surface area contributed by atoms with Crippen LogP contribution >= 0.6 is 11.3 Å². The van der Waals surface area contributed by atoms with Gasteiger partial charge in [-0.1, -0.05) is 44.2 Å². The SMILES string of the molecule is CCCN(CC1CC1)c1nc(C(C)C=Nc2ccc(-c3ccccc3)cn2)cs1. The summed E-state index contributed by atoms with van der Waals surface area (Å²) in [5, 5.41) is 3.33. The third kappa shape index (κ3) is 5.30. The van der Waals surface area contributed by atoms with Crippen molar-refractivity contribution in [1.29, 1.82) is 0 Å². The van der Waals surface area contributed by atoms with Gasteiger partial charge in [0.2, 0.25) is 0 Å². The summed E-state index contributed by atoms with van der Waals surface area (Å²) in [7, 11) is 0. The molecular weight excluding hydrogens is 376 g/mol. The Morgan fingerprint density at radius 1 is 1.17 bits per heavy atom. The molecule has 0 spiro atoms. The molecule has 1 aromatic carbocycles. The molecule has 1 saturated carbocycles. The second-order valence-corrected chi connectivity index (χ2v) is 8.62. The van der Waals surface area contributed by atoms with E-state index in [4.69, 9.17) is 4.98 Å². The molecule has 0 bridgehead atoms. The summed E-state index contributed by atoms with van der Waals surface area (Å²) in [5.41, 5.74) is 3.36. The maximum Gasteiger partial charge on any atom is 0.185 e. The Kier molecular flexibility index (Phi) is 6.35. The van der Waals surface area contributed by atoms with Crippen molar-refractivity contribution in [3.63, 3.8) is 0 Å². The molecule has 1 unspecified atom stereocenters. The third-order valence-electron chi connectivity index (χ3n) is 5.20. The second kappa shape index (κ2) is 9.31. The van der Waals surface area contributed by atoms with E-state index in [-0.39, 0.29) is 5.92 Å². The molecule has 4 nitrogen and oxygen atoms in total. The van der Waals surface area contributed by atoms with Crippen molar-refractivity contribution in [2.45, 2.75) is 39.0 Å². The summed E-state index contributed by atoms with van der Waals surface area (Å²) in [4.78, 5) is 16.4. The van der Waals surface area contributed by atoms with E-state index in [1.165, 1.54) is 18.4 Å². The zero-order valence-corrected chi connectivity index (χ0v) is 18.0. The lowest BCUT2D eigenvalue weighted by atomic mass is 10.1. The molecule has 2 heterocycles. The first-order chi connectivity index (χ1) is 14.2. The van der Waals surface area contributed by atoms with Crippen LogP contribution in [0.5, 0.6) is 0 Å². The van der Waals surface area contributed by atoms with E-state index in [0.29, 0.717) is 0 Å². The second-order valence-electron chi connectivity index (χ2n) is 7.78. The Morgan fingerprint density at radius 2 is 2.00 bits per heavy atom. The molecule has 150 valence electrons. The minimum Gasteiger partial charge on any atom is -0.348 e. The number of pyridine rings is 1. The normalized spacial score (nSPS) is 15.0. The molecule has 0 saturated heterocycles. The van der Waals surface area contributed by atoms with Crippen molar-refractivity contribution in [1.82, 2.24) is 9.97 Å². The standard InChI is InChI=1S/C24H28N4S/c1-3-13-28(16-19-9-10-19)24-27-22(17-29-24)18(2)14-25-23-12-11-21(15-26-23)20-7-5-4-6-8-20/h4-8,11-12,14-15,17-19H,3,9-10,13,16H2,1-2H3. The Bertz CT molecular complexity index is 929. The van der Waals surface area contributed by atoms with Crippen LogP contribution in [0.3, 0.4) is 0 Å². The average molecular weight is 405 g/mol. The van der Waals surface area contributed by atoms with Crippen molar-refractivity contribution < 1.29 is 0 Å². The molecular formula is C24H28N4S. The van der Waals surface area contributed by atoms with Crippen LogP contribution in [0.25, 0.3) is 11.1 Å². The highest BCUT2D eigenvalue weighted by Gasteiger charge is 2.25. The first kappa shape index (κ1) is 19.8. The summed E-state index contributed by atoms with van der Waals surface area (Å²) in [6.07, 6.45) is 7.74. The van der Waals surface area contributed by atoms with Crippen LogP contribution in [0.1, 0.15) is 44.7 Å². The van der Waals surface area contributed by atoms with Gasteiger partial charge in [0.1, 0.15) is 0 Å². The Hall–Kier alpha value is -2.53. The molecule has 29 heavy (non-hydrogen) atoms. The number of thiazole rings is 1. The number of aliphatic imine (C=N–C) groups is 1. The first-order valence-electron chi connectivity index (χ1n) is 10.5. The van der Waals surface area contributed by atoms with E-state index in [9.17, 15) is 0 Å². The van der Waals surface area contributed by atoms with Gasteiger partial charge in [0.25, 0.3) is 0 Å². The first-order valence-corrected chi connectivity index (χ1v) is 11.4. The molecule has 1 aliphatic rings. The van der Waals surface area contributed by atoms with Crippen molar-refractivity contribution in [2.75, 3.05) is 18.0 Å². The number of aromatic nitrogens is 2. The maximum absolute atomic E-state index is 4.91. The molecule has 1 aliphatic carbocycles. The molecule has 0 amide bonds. The zero-order chi connectivity index (χ0) is 20.1. The summed E-state index contributed by atoms with van der Waals surface area (Å²) >= 11 is 1.75. The molecule has 2 aromatic heterocycles. The van der Waals surface area contributed by atoms with Gasteiger partial charge in [-0.25, -0.2) is 15.0 Å². The highest BCUT2D eigenvalue weighted by molar-refractivity contribution is 7.13. The van der Waals surface area contributed by atoms with E-state index in [0.717, 1.165) is 47.6 Å². The molecule has 1 fully saturated rings. The average Bonchev–Trinajstić information content (AvgIpc) is 3.45. The van der Waals surface area contributed by atoms with Crippen molar-refractivity contribution in [2.24, 2.45) is 10.9 Å². The van der Waals surface area contributed by atoms with E-state index in [1.807, 2.05) is 36.7 Å². The molecule has 4 rings (SSSR count). The smallest absolute Gasteiger partial charge is 0.185 e. The fourth-order valence-corrected chi connectivity index (χ4v) is 4.27. The number of nitrogens with zero attached hydrogens (tertiary/aromatic N) is 4. The van der Waals surface area contributed by atoms with Crippen LogP contribution in [-0.2, 0) is 0 Å². The van der Waals surface area contributed by atoms with Crippen LogP contribution in [0.2, 0.25) is 0 Å². The Labute approximate surface area is 177 Å². The summed E-state index contributed by atoms with van der Waals surface area (Å²) in [5.74, 6) is 1.77. The Balaban J connectivity index is 1.40. The van der Waals surface area contributed by atoms with Crippen molar-refractivity contribution in [3.05, 3.63) is 59.7 Å². The summed E-state index contributed by atoms with van der Waals surface area (Å²) in [6.45, 7) is 6.62. The van der Waals surface area contributed by atoms with Gasteiger partial charge in [-0.15, -0.1) is 11.3 Å². The lowest BCUT2D eigenvalue weighted by molar-refractivity contribution is 0.704. The number of anilines is 1. The fraction of sp³-hybridized carbons (Fsp3) is 0.375. The number of hydrogen-bond donors (Lipinski definition) is 0. The molecule has 1 atom stereocenters. The molecule has 0 aliphatic heterocycles. The summed E-state index contributed by atoms with van der Waals surface area (Å²) < 4.78 is 0. The summed E-state index contributed by atoms with van der Waals surface area (Å²) in [6, 6.07) is 14.3. The Morgan fingerprint density at radius 3 is 2.69 bits per heavy atom. The van der Waals surface area contributed by atoms with Crippen LogP contribution in [0, 0.1) is 5.92 Å². The van der Waals surface area contributed by atoms with Crippen LogP contribution in [-0.4, -0.2) is 29.3 Å². The van der Waals surface area contributed by atoms with E-state index < -0.39 is 0 Å². The monoisotopic (exact) mass is 404 g/mol. The van der Waals surface area contributed by atoms with Gasteiger partial charge < -0.3 is 4.90 Å². The predicted molar refractivity (Wildman–Crippen MR) is 124 cm³/mol. The fourth-order valence-electron chi connectivity index (χ4n) is 3.31. The largest absolute Gasteiger partial charge is 0.348 e. The quantitative estimate of drug-likeness (QED) is 0.391. The number of rotatable bonds is 9. The van der Waals surface area contributed by atoms with Gasteiger partial charge >= 0.3 is 0 Å². The van der Waals surface area contributed by atoms with E-state index in [1.54, 1.807) is 11.3 Å². The molecule has 0 N–H and O–H groups in total. The number of hydrogen-bond acceptors (Lipinski definition) is 5. The van der Waals surface area contributed by atoms with Gasteiger partial charge in [-0.2, -0.15) is 0 Å². The van der Waals surface area contributed by atoms with Crippen LogP contribution in [0.15, 0.2) is 59.0 Å². The van der Waals surface area contributed by atoms with Crippen molar-refractivity contribution in [3.8, 4) is 11.1 Å². The third-order valence-corrected chi connectivity index (χ3v) is 6.12. The lowest BCUT2D eigenvalue weighted by Gasteiger charge is -2.20. The lowest BCUT2D eigenvalue weighted by Crippen LogP contribution is -2.26. The minimum absolute atomic E-state index is 0.167. The minimum atomic E-state index is 0.167. The topological polar surface area (TPSA) is 41.4 Å². The zero-order valence-electron chi connectivity index (χ0n) is 17.2.